The van der Waals surface area contributed by atoms with Crippen molar-refractivity contribution in [3.8, 4) is 11.5 Å². The molecule has 0 spiro atoms. The lowest BCUT2D eigenvalue weighted by Gasteiger charge is -2.20. The fourth-order valence-corrected chi connectivity index (χ4v) is 2.58. The number of nitrogens with one attached hydrogen (secondary N) is 2. The Kier molecular flexibility index (Phi) is 7.70. The molecule has 2 amide bonds. The average molecular weight is 450 g/mol. The summed E-state index contributed by atoms with van der Waals surface area (Å²) in [6.07, 6.45) is -0.585. The number of carbonyl (C=O) groups excluding carboxylic acids is 1. The third kappa shape index (κ3) is 7.37. The number of ether oxygens (including phenoxy) is 2. The maximum atomic E-state index is 14.0. The number of anilines is 2. The first-order valence-electron chi connectivity index (χ1n) is 9.23. The number of pyridine rings is 1. The van der Waals surface area contributed by atoms with Gasteiger partial charge >= 0.3 is 12.2 Å². The molecule has 0 aliphatic carbocycles. The predicted molar refractivity (Wildman–Crippen MR) is 117 cm³/mol. The molecular weight excluding hydrogens is 427 g/mol. The van der Waals surface area contributed by atoms with E-state index in [-0.39, 0.29) is 23.1 Å². The summed E-state index contributed by atoms with van der Waals surface area (Å²) >= 11 is 5.05. The topological polar surface area (TPSA) is 113 Å². The van der Waals surface area contributed by atoms with E-state index in [4.69, 9.17) is 26.8 Å². The maximum Gasteiger partial charge on any atom is 0.413 e. The summed E-state index contributed by atoms with van der Waals surface area (Å²) in [7, 11) is 0. The quantitative estimate of drug-likeness (QED) is 0.542. The minimum Gasteiger partial charge on any atom is -0.465 e. The van der Waals surface area contributed by atoms with Crippen molar-refractivity contribution in [1.82, 2.24) is 9.88 Å². The Morgan fingerprint density at radius 3 is 2.42 bits per heavy atom. The van der Waals surface area contributed by atoms with Gasteiger partial charge in [0.05, 0.1) is 11.9 Å². The summed E-state index contributed by atoms with van der Waals surface area (Å²) in [5.74, 6) is 0.261. The van der Waals surface area contributed by atoms with Crippen LogP contribution in [0, 0.1) is 5.82 Å². The van der Waals surface area contributed by atoms with Crippen molar-refractivity contribution in [2.45, 2.75) is 33.3 Å². The minimum atomic E-state index is -1.17. The molecule has 1 heterocycles. The van der Waals surface area contributed by atoms with Crippen molar-refractivity contribution in [3.05, 3.63) is 42.3 Å². The Morgan fingerprint density at radius 2 is 1.87 bits per heavy atom. The van der Waals surface area contributed by atoms with Gasteiger partial charge in [-0.15, -0.1) is 0 Å². The summed E-state index contributed by atoms with van der Waals surface area (Å²) in [4.78, 5) is 28.1. The first-order chi connectivity index (χ1) is 14.5. The van der Waals surface area contributed by atoms with Crippen LogP contribution in [0.25, 0.3) is 0 Å². The minimum absolute atomic E-state index is 0.00689. The van der Waals surface area contributed by atoms with Crippen LogP contribution in [0.3, 0.4) is 0 Å². The van der Waals surface area contributed by atoms with Crippen molar-refractivity contribution >= 4 is 41.0 Å². The van der Waals surface area contributed by atoms with Gasteiger partial charge in [-0.3, -0.25) is 10.2 Å². The van der Waals surface area contributed by atoms with E-state index in [2.05, 4.69) is 15.6 Å². The largest absolute Gasteiger partial charge is 0.465 e. The lowest BCUT2D eigenvalue weighted by Crippen LogP contribution is -2.38. The van der Waals surface area contributed by atoms with Gasteiger partial charge in [0, 0.05) is 12.6 Å². The number of carboxylic acid groups (broad SMARTS) is 1. The molecule has 0 saturated heterocycles. The van der Waals surface area contributed by atoms with Gasteiger partial charge in [0.15, 0.2) is 5.11 Å². The molecular formula is C20H23FN4O5S. The van der Waals surface area contributed by atoms with E-state index < -0.39 is 23.6 Å². The summed E-state index contributed by atoms with van der Waals surface area (Å²) < 4.78 is 24.8. The van der Waals surface area contributed by atoms with Gasteiger partial charge < -0.3 is 19.9 Å². The Labute approximate surface area is 184 Å². The highest BCUT2D eigenvalue weighted by Gasteiger charge is 2.18. The molecule has 11 heteroatoms. The molecule has 0 unspecified atom stereocenters. The van der Waals surface area contributed by atoms with E-state index in [1.807, 2.05) is 0 Å². The van der Waals surface area contributed by atoms with Crippen molar-refractivity contribution in [2.75, 3.05) is 17.2 Å². The van der Waals surface area contributed by atoms with E-state index in [1.165, 1.54) is 18.3 Å². The zero-order valence-electron chi connectivity index (χ0n) is 17.4. The molecule has 9 nitrogen and oxygen atoms in total. The number of hydrogen-bond donors (Lipinski definition) is 3. The van der Waals surface area contributed by atoms with Crippen LogP contribution in [0.5, 0.6) is 11.5 Å². The van der Waals surface area contributed by atoms with Gasteiger partial charge in [-0.25, -0.2) is 19.0 Å². The Morgan fingerprint density at radius 1 is 1.19 bits per heavy atom. The molecule has 1 aromatic carbocycles. The zero-order chi connectivity index (χ0) is 23.2. The second kappa shape index (κ2) is 10.0. The number of hydrogen-bond acceptors (Lipinski definition) is 6. The first-order valence-corrected chi connectivity index (χ1v) is 9.64. The summed E-state index contributed by atoms with van der Waals surface area (Å²) in [5.41, 5.74) is -0.825. The van der Waals surface area contributed by atoms with E-state index in [0.29, 0.717) is 11.6 Å². The van der Waals surface area contributed by atoms with Gasteiger partial charge in [0.1, 0.15) is 28.7 Å². The van der Waals surface area contributed by atoms with E-state index in [1.54, 1.807) is 39.8 Å². The number of aromatic nitrogens is 1. The number of amides is 2. The molecule has 0 aliphatic rings. The molecule has 0 bridgehead atoms. The number of nitrogens with zero attached hydrogens (tertiary/aromatic N) is 2. The Balaban J connectivity index is 2.05. The van der Waals surface area contributed by atoms with Crippen LogP contribution < -0.4 is 15.4 Å². The molecule has 0 radical (unpaired) electrons. The first kappa shape index (κ1) is 23.8. The third-order valence-corrected chi connectivity index (χ3v) is 3.90. The summed E-state index contributed by atoms with van der Waals surface area (Å²) in [6.45, 7) is 6.93. The molecule has 166 valence electrons. The van der Waals surface area contributed by atoms with Crippen LogP contribution in [0.15, 0.2) is 36.5 Å². The van der Waals surface area contributed by atoms with Crippen molar-refractivity contribution in [3.63, 3.8) is 0 Å². The predicted octanol–water partition coefficient (Wildman–Crippen LogP) is 5.06. The Bertz CT molecular complexity index is 963. The lowest BCUT2D eigenvalue weighted by atomic mass is 10.2. The molecule has 0 fully saturated rings. The second-order valence-electron chi connectivity index (χ2n) is 7.21. The third-order valence-electron chi connectivity index (χ3n) is 3.57. The van der Waals surface area contributed by atoms with Crippen molar-refractivity contribution in [2.24, 2.45) is 0 Å². The monoisotopic (exact) mass is 450 g/mol. The standard InChI is InChI=1S/C20H23FN4O5S/c1-5-25(19(27)28)17(31)24-16-9-7-13(11-22-16)29-12-6-8-14(21)15(10-12)23-18(26)30-20(2,3)4/h6-11H,5H2,1-4H3,(H,23,26)(H,27,28)(H,22,24,31). The second-order valence-corrected chi connectivity index (χ2v) is 7.59. The van der Waals surface area contributed by atoms with Crippen molar-refractivity contribution < 1.29 is 28.6 Å². The van der Waals surface area contributed by atoms with Crippen LogP contribution in [-0.2, 0) is 4.74 Å². The molecule has 0 saturated carbocycles. The van der Waals surface area contributed by atoms with E-state index >= 15 is 0 Å². The SMILES string of the molecule is CCN(C(=O)O)C(=S)Nc1ccc(Oc2ccc(F)c(NC(=O)OC(C)(C)C)c2)cn1. The molecule has 0 atom stereocenters. The number of carbonyl (C=O) groups is 2. The summed E-state index contributed by atoms with van der Waals surface area (Å²) in [6, 6.07) is 6.96. The highest BCUT2D eigenvalue weighted by Crippen LogP contribution is 2.27. The number of halogens is 1. The van der Waals surface area contributed by atoms with Gasteiger partial charge in [-0.05, 0) is 64.2 Å². The number of rotatable bonds is 5. The normalized spacial score (nSPS) is 10.7. The average Bonchev–Trinajstić information content (AvgIpc) is 2.64. The van der Waals surface area contributed by atoms with E-state index in [9.17, 15) is 14.0 Å². The van der Waals surface area contributed by atoms with Crippen LogP contribution in [0.1, 0.15) is 27.7 Å². The fraction of sp³-hybridized carbons (Fsp3) is 0.300. The fourth-order valence-electron chi connectivity index (χ4n) is 2.27. The van der Waals surface area contributed by atoms with Crippen LogP contribution in [-0.4, -0.2) is 44.4 Å². The summed E-state index contributed by atoms with van der Waals surface area (Å²) in [5, 5.41) is 14.1. The number of thiocarbonyl (C=S) groups is 1. The van der Waals surface area contributed by atoms with Crippen LogP contribution >= 0.6 is 12.2 Å². The smallest absolute Gasteiger partial charge is 0.413 e. The molecule has 2 aromatic rings. The molecule has 3 N–H and O–H groups in total. The maximum absolute atomic E-state index is 14.0. The zero-order valence-corrected chi connectivity index (χ0v) is 18.2. The highest BCUT2D eigenvalue weighted by atomic mass is 32.1. The van der Waals surface area contributed by atoms with Gasteiger partial charge in [-0.1, -0.05) is 0 Å². The van der Waals surface area contributed by atoms with Crippen molar-refractivity contribution in [1.29, 1.82) is 0 Å². The van der Waals surface area contributed by atoms with Gasteiger partial charge in [-0.2, -0.15) is 0 Å². The van der Waals surface area contributed by atoms with Crippen LogP contribution in [0.4, 0.5) is 25.5 Å². The van der Waals surface area contributed by atoms with Gasteiger partial charge in [0.2, 0.25) is 0 Å². The molecule has 0 aliphatic heterocycles. The highest BCUT2D eigenvalue weighted by molar-refractivity contribution is 7.80. The molecule has 2 rings (SSSR count). The molecule has 1 aromatic heterocycles. The van der Waals surface area contributed by atoms with Gasteiger partial charge in [0.25, 0.3) is 0 Å². The van der Waals surface area contributed by atoms with Crippen LogP contribution in [0.2, 0.25) is 0 Å². The van der Waals surface area contributed by atoms with E-state index in [0.717, 1.165) is 11.0 Å². The Hall–Kier alpha value is -3.47. The number of benzene rings is 1. The molecule has 31 heavy (non-hydrogen) atoms. The lowest BCUT2D eigenvalue weighted by molar-refractivity contribution is 0.0635.